The van der Waals surface area contributed by atoms with Crippen molar-refractivity contribution in [1.82, 2.24) is 0 Å². The van der Waals surface area contributed by atoms with Crippen LogP contribution in [-0.4, -0.2) is 31.2 Å². The van der Waals surface area contributed by atoms with Crippen LogP contribution in [-0.2, 0) is 14.3 Å². The van der Waals surface area contributed by atoms with Crippen LogP contribution >= 0.6 is 0 Å². The van der Waals surface area contributed by atoms with Crippen LogP contribution in [0.2, 0.25) is 0 Å². The molecule has 0 atom stereocenters. The molecule has 7 heteroatoms. The van der Waals surface area contributed by atoms with Gasteiger partial charge in [-0.2, -0.15) is 8.42 Å². The van der Waals surface area contributed by atoms with Gasteiger partial charge in [-0.25, -0.2) is 9.59 Å². The van der Waals surface area contributed by atoms with Crippen molar-refractivity contribution in [3.63, 3.8) is 0 Å². The minimum absolute atomic E-state index is 0.00706. The van der Waals surface area contributed by atoms with Gasteiger partial charge in [-0.15, -0.1) is 0 Å². The molecule has 0 saturated heterocycles. The largest absolute Gasteiger partial charge is 0.478 e. The third-order valence-corrected chi connectivity index (χ3v) is 4.04. The molecule has 0 fully saturated rings. The third-order valence-electron chi connectivity index (χ3n) is 2.93. The molecule has 1 N–H and O–H groups in total. The topological polar surface area (TPSA) is 97.7 Å². The van der Waals surface area contributed by atoms with Crippen LogP contribution in [0, 0.1) is 0 Å². The van der Waals surface area contributed by atoms with Gasteiger partial charge in [0.1, 0.15) is 0 Å². The van der Waals surface area contributed by atoms with Crippen LogP contribution in [0.5, 0.6) is 0 Å². The van der Waals surface area contributed by atoms with E-state index in [4.69, 9.17) is 5.11 Å². The average Bonchev–Trinajstić information content (AvgIpc) is 2.45. The number of rotatable bonds is 4. The molecule has 0 bridgehead atoms. The van der Waals surface area contributed by atoms with E-state index in [1.807, 2.05) is 0 Å². The molecule has 0 spiro atoms. The van der Waals surface area contributed by atoms with Gasteiger partial charge >= 0.3 is 22.1 Å². The van der Waals surface area contributed by atoms with E-state index >= 15 is 0 Å². The predicted molar refractivity (Wildman–Crippen MR) is 75.8 cm³/mol. The Kier molecular flexibility index (Phi) is 3.95. The van der Waals surface area contributed by atoms with Gasteiger partial charge in [-0.1, -0.05) is 24.3 Å². The minimum Gasteiger partial charge on any atom is -0.478 e. The molecule has 0 aromatic heterocycles. The first-order valence-corrected chi connectivity index (χ1v) is 7.65. The molecular formula is C14H12O6S. The number of carboxylic acids is 1. The molecule has 2 rings (SSSR count). The van der Waals surface area contributed by atoms with Gasteiger partial charge in [0.25, 0.3) is 0 Å². The van der Waals surface area contributed by atoms with Crippen molar-refractivity contribution in [2.45, 2.75) is 6.92 Å². The summed E-state index contributed by atoms with van der Waals surface area (Å²) >= 11 is 0. The Balaban J connectivity index is 2.59. The molecule has 2 aromatic carbocycles. The lowest BCUT2D eigenvalue weighted by atomic mass is 10.00. The van der Waals surface area contributed by atoms with Crippen LogP contribution in [0.3, 0.4) is 0 Å². The second-order valence-corrected chi connectivity index (χ2v) is 6.09. The summed E-state index contributed by atoms with van der Waals surface area (Å²) in [5.41, 5.74) is 0.0353. The minimum atomic E-state index is -3.93. The average molecular weight is 308 g/mol. The predicted octanol–water partition coefficient (Wildman–Crippen LogP) is 2.04. The fourth-order valence-electron chi connectivity index (χ4n) is 1.88. The van der Waals surface area contributed by atoms with Crippen molar-refractivity contribution in [1.29, 1.82) is 0 Å². The maximum Gasteiger partial charge on any atom is 0.354 e. The summed E-state index contributed by atoms with van der Waals surface area (Å²) < 4.78 is 27.2. The van der Waals surface area contributed by atoms with Crippen molar-refractivity contribution in [2.24, 2.45) is 0 Å². The number of carbonyl (C=O) groups excluding carboxylic acids is 1. The number of carbonyl (C=O) groups is 2. The van der Waals surface area contributed by atoms with Crippen LogP contribution < -0.4 is 0 Å². The monoisotopic (exact) mass is 308 g/mol. The number of benzene rings is 2. The molecule has 0 heterocycles. The van der Waals surface area contributed by atoms with E-state index in [9.17, 15) is 18.0 Å². The van der Waals surface area contributed by atoms with Crippen LogP contribution in [0.15, 0.2) is 36.4 Å². The maximum atomic E-state index is 12.0. The van der Waals surface area contributed by atoms with Crippen molar-refractivity contribution >= 4 is 32.8 Å². The van der Waals surface area contributed by atoms with E-state index < -0.39 is 22.1 Å². The summed E-state index contributed by atoms with van der Waals surface area (Å²) in [6.07, 6.45) is 0. The number of carboxylic acid groups (broad SMARTS) is 1. The summed E-state index contributed by atoms with van der Waals surface area (Å²) in [5.74, 6) is -2.48. The quantitative estimate of drug-likeness (QED) is 0.868. The number of aromatic carboxylic acids is 1. The maximum absolute atomic E-state index is 12.0. The first-order chi connectivity index (χ1) is 9.85. The molecule has 2 aromatic rings. The lowest BCUT2D eigenvalue weighted by Crippen LogP contribution is -2.15. The van der Waals surface area contributed by atoms with Crippen molar-refractivity contribution in [2.75, 3.05) is 5.75 Å². The zero-order chi connectivity index (χ0) is 15.6. The van der Waals surface area contributed by atoms with Gasteiger partial charge in [0.05, 0.1) is 16.9 Å². The summed E-state index contributed by atoms with van der Waals surface area (Å²) in [6.45, 7) is 1.36. The molecule has 0 saturated carbocycles. The van der Waals surface area contributed by atoms with Crippen molar-refractivity contribution in [3.8, 4) is 0 Å². The van der Waals surface area contributed by atoms with E-state index in [-0.39, 0.29) is 16.9 Å². The summed E-state index contributed by atoms with van der Waals surface area (Å²) in [7, 11) is -3.93. The number of fused-ring (bicyclic) bond motifs is 1. The second kappa shape index (κ2) is 5.53. The number of hydrogen-bond donors (Lipinski definition) is 1. The molecule has 0 aliphatic rings. The Hall–Kier alpha value is -2.41. The highest BCUT2D eigenvalue weighted by atomic mass is 32.2. The van der Waals surface area contributed by atoms with E-state index in [1.54, 1.807) is 18.2 Å². The van der Waals surface area contributed by atoms with E-state index in [2.05, 4.69) is 4.18 Å². The van der Waals surface area contributed by atoms with Crippen molar-refractivity contribution < 1.29 is 27.3 Å². The molecule has 0 aliphatic carbocycles. The fraction of sp³-hybridized carbons (Fsp3) is 0.143. The highest BCUT2D eigenvalue weighted by molar-refractivity contribution is 7.87. The standard InChI is InChI=1S/C14H12O6S/c1-2-21(18,19)20-14(17)12-8-7-11(13(15)16)9-5-3-4-6-10(9)12/h3-8H,2H2,1H3,(H,15,16). The summed E-state index contributed by atoms with van der Waals surface area (Å²) in [5, 5.41) is 9.79. The van der Waals surface area contributed by atoms with Crippen LogP contribution in [0.25, 0.3) is 10.8 Å². The first kappa shape index (κ1) is 15.0. The Morgan fingerprint density at radius 3 is 2.10 bits per heavy atom. The Morgan fingerprint density at radius 2 is 1.57 bits per heavy atom. The summed E-state index contributed by atoms with van der Waals surface area (Å²) in [6, 6.07) is 8.84. The Labute approximate surface area is 121 Å². The van der Waals surface area contributed by atoms with Crippen LogP contribution in [0.1, 0.15) is 27.6 Å². The van der Waals surface area contributed by atoms with Gasteiger partial charge in [-0.05, 0) is 29.8 Å². The molecule has 0 radical (unpaired) electrons. The van der Waals surface area contributed by atoms with Gasteiger partial charge < -0.3 is 9.29 Å². The Bertz CT molecular complexity index is 822. The Morgan fingerprint density at radius 1 is 1.05 bits per heavy atom. The summed E-state index contributed by atoms with van der Waals surface area (Å²) in [4.78, 5) is 23.1. The third kappa shape index (κ3) is 3.03. The smallest absolute Gasteiger partial charge is 0.354 e. The lowest BCUT2D eigenvalue weighted by molar-refractivity contribution is 0.0695. The van der Waals surface area contributed by atoms with Crippen molar-refractivity contribution in [3.05, 3.63) is 47.5 Å². The molecule has 6 nitrogen and oxygen atoms in total. The molecule has 110 valence electrons. The number of hydrogen-bond acceptors (Lipinski definition) is 5. The highest BCUT2D eigenvalue weighted by Crippen LogP contribution is 2.24. The zero-order valence-electron chi connectivity index (χ0n) is 11.1. The van der Waals surface area contributed by atoms with E-state index in [0.717, 1.165) is 0 Å². The highest BCUT2D eigenvalue weighted by Gasteiger charge is 2.20. The van der Waals surface area contributed by atoms with Gasteiger partial charge in [-0.3, -0.25) is 0 Å². The van der Waals surface area contributed by atoms with E-state index in [1.165, 1.54) is 25.1 Å². The van der Waals surface area contributed by atoms with Gasteiger partial charge in [0, 0.05) is 0 Å². The second-order valence-electron chi connectivity index (χ2n) is 4.23. The van der Waals surface area contributed by atoms with E-state index in [0.29, 0.717) is 10.8 Å². The molecule has 21 heavy (non-hydrogen) atoms. The van der Waals surface area contributed by atoms with Crippen LogP contribution in [0.4, 0.5) is 0 Å². The SMILES string of the molecule is CCS(=O)(=O)OC(=O)c1ccc(C(=O)O)c2ccccc12. The zero-order valence-corrected chi connectivity index (χ0v) is 11.9. The fourth-order valence-corrected chi connectivity index (χ4v) is 2.32. The lowest BCUT2D eigenvalue weighted by Gasteiger charge is -2.08. The first-order valence-electron chi connectivity index (χ1n) is 6.07. The van der Waals surface area contributed by atoms with Gasteiger partial charge in [0.15, 0.2) is 0 Å². The molecule has 0 unspecified atom stereocenters. The normalized spacial score (nSPS) is 11.3. The molecule has 0 amide bonds. The van der Waals surface area contributed by atoms with Gasteiger partial charge in [0.2, 0.25) is 0 Å². The molecular weight excluding hydrogens is 296 g/mol. The molecule has 0 aliphatic heterocycles.